The molecule has 2 rings (SSSR count). The molecule has 5 heteroatoms. The van der Waals surface area contributed by atoms with Crippen LogP contribution in [0.15, 0.2) is 42.7 Å². The molecule has 92 valence electrons. The summed E-state index contributed by atoms with van der Waals surface area (Å²) >= 11 is 0. The molecule has 0 saturated heterocycles. The number of amides is 1. The highest BCUT2D eigenvalue weighted by molar-refractivity contribution is 6.07. The number of nitrogens with one attached hydrogen (secondary N) is 1. The van der Waals surface area contributed by atoms with Crippen molar-refractivity contribution >= 4 is 17.3 Å². The molecule has 0 radical (unpaired) electrons. The maximum absolute atomic E-state index is 11.9. The van der Waals surface area contributed by atoms with Gasteiger partial charge < -0.3 is 16.2 Å². The van der Waals surface area contributed by atoms with Crippen molar-refractivity contribution in [3.8, 4) is 0 Å². The van der Waals surface area contributed by atoms with Gasteiger partial charge in [0, 0.05) is 23.8 Å². The second-order valence-corrected chi connectivity index (χ2v) is 3.77. The third-order valence-corrected chi connectivity index (χ3v) is 2.49. The highest BCUT2D eigenvalue weighted by Gasteiger charge is 2.09. The molecule has 0 atom stereocenters. The van der Waals surface area contributed by atoms with Crippen molar-refractivity contribution in [3.63, 3.8) is 0 Å². The number of carbonyl (C=O) groups excluding carboxylic acids is 1. The zero-order valence-corrected chi connectivity index (χ0v) is 9.63. The Morgan fingerprint density at radius 2 is 2.00 bits per heavy atom. The van der Waals surface area contributed by atoms with Gasteiger partial charge in [0.2, 0.25) is 0 Å². The van der Waals surface area contributed by atoms with E-state index in [1.807, 2.05) is 0 Å². The van der Waals surface area contributed by atoms with Gasteiger partial charge in [0.1, 0.15) is 0 Å². The number of carbonyl (C=O) groups is 1. The van der Waals surface area contributed by atoms with Crippen LogP contribution in [0, 0.1) is 0 Å². The first-order valence-corrected chi connectivity index (χ1v) is 5.41. The molecular formula is C13H13N3O2. The second-order valence-electron chi connectivity index (χ2n) is 3.77. The Balaban J connectivity index is 2.14. The van der Waals surface area contributed by atoms with E-state index in [-0.39, 0.29) is 12.5 Å². The first-order chi connectivity index (χ1) is 8.70. The number of aliphatic hydroxyl groups excluding tert-OH is 1. The topological polar surface area (TPSA) is 88.2 Å². The van der Waals surface area contributed by atoms with E-state index in [0.29, 0.717) is 16.9 Å². The molecule has 0 aliphatic carbocycles. The van der Waals surface area contributed by atoms with Crippen LogP contribution < -0.4 is 11.1 Å². The number of aromatic nitrogens is 1. The highest BCUT2D eigenvalue weighted by Crippen LogP contribution is 2.14. The van der Waals surface area contributed by atoms with Crippen LogP contribution in [0.1, 0.15) is 15.9 Å². The molecule has 0 spiro atoms. The van der Waals surface area contributed by atoms with Gasteiger partial charge in [0.15, 0.2) is 0 Å². The van der Waals surface area contributed by atoms with E-state index in [9.17, 15) is 4.79 Å². The number of rotatable bonds is 3. The van der Waals surface area contributed by atoms with E-state index in [2.05, 4.69) is 10.3 Å². The zero-order chi connectivity index (χ0) is 13.0. The predicted octanol–water partition coefficient (Wildman–Crippen LogP) is 1.41. The maximum Gasteiger partial charge on any atom is 0.259 e. The number of aliphatic hydroxyl groups is 1. The number of nitrogen functional groups attached to an aromatic ring is 1. The first-order valence-electron chi connectivity index (χ1n) is 5.41. The number of anilines is 2. The SMILES string of the molecule is Nc1ccncc1C(=O)Nc1ccc(CO)cc1. The van der Waals surface area contributed by atoms with Crippen molar-refractivity contribution in [2.45, 2.75) is 6.61 Å². The smallest absolute Gasteiger partial charge is 0.259 e. The molecule has 0 fully saturated rings. The van der Waals surface area contributed by atoms with Gasteiger partial charge in [-0.1, -0.05) is 12.1 Å². The number of hydrogen-bond donors (Lipinski definition) is 3. The van der Waals surface area contributed by atoms with E-state index in [4.69, 9.17) is 10.8 Å². The third-order valence-electron chi connectivity index (χ3n) is 2.49. The zero-order valence-electron chi connectivity index (χ0n) is 9.63. The fraction of sp³-hybridized carbons (Fsp3) is 0.0769. The average Bonchev–Trinajstić information content (AvgIpc) is 2.40. The number of hydrogen-bond acceptors (Lipinski definition) is 4. The minimum Gasteiger partial charge on any atom is -0.398 e. The van der Waals surface area contributed by atoms with E-state index in [1.165, 1.54) is 12.4 Å². The molecule has 18 heavy (non-hydrogen) atoms. The monoisotopic (exact) mass is 243 g/mol. The number of nitrogens with zero attached hydrogens (tertiary/aromatic N) is 1. The Hall–Kier alpha value is -2.40. The van der Waals surface area contributed by atoms with Crippen molar-refractivity contribution in [2.75, 3.05) is 11.1 Å². The molecule has 0 bridgehead atoms. The minimum atomic E-state index is -0.308. The molecule has 0 aliphatic rings. The Kier molecular flexibility index (Phi) is 3.54. The molecule has 1 heterocycles. The lowest BCUT2D eigenvalue weighted by molar-refractivity contribution is 0.102. The van der Waals surface area contributed by atoms with Crippen molar-refractivity contribution in [3.05, 3.63) is 53.9 Å². The van der Waals surface area contributed by atoms with Crippen LogP contribution in [0.5, 0.6) is 0 Å². The van der Waals surface area contributed by atoms with E-state index in [1.54, 1.807) is 30.3 Å². The fourth-order valence-electron chi connectivity index (χ4n) is 1.49. The van der Waals surface area contributed by atoms with Gasteiger partial charge in [-0.05, 0) is 23.8 Å². The summed E-state index contributed by atoms with van der Waals surface area (Å²) in [6.07, 6.45) is 2.95. The largest absolute Gasteiger partial charge is 0.398 e. The molecular weight excluding hydrogens is 230 g/mol. The summed E-state index contributed by atoms with van der Waals surface area (Å²) in [6, 6.07) is 8.49. The Labute approximate surface area is 104 Å². The van der Waals surface area contributed by atoms with Crippen molar-refractivity contribution < 1.29 is 9.90 Å². The molecule has 5 nitrogen and oxygen atoms in total. The quantitative estimate of drug-likeness (QED) is 0.760. The normalized spacial score (nSPS) is 10.1. The van der Waals surface area contributed by atoms with E-state index in [0.717, 1.165) is 5.56 Å². The summed E-state index contributed by atoms with van der Waals surface area (Å²) < 4.78 is 0. The lowest BCUT2D eigenvalue weighted by Gasteiger charge is -2.07. The lowest BCUT2D eigenvalue weighted by atomic mass is 10.2. The third kappa shape index (κ3) is 2.64. The van der Waals surface area contributed by atoms with Crippen LogP contribution in [0.2, 0.25) is 0 Å². The number of pyridine rings is 1. The van der Waals surface area contributed by atoms with Gasteiger partial charge in [-0.15, -0.1) is 0 Å². The molecule has 0 unspecified atom stereocenters. The number of benzene rings is 1. The Bertz CT molecular complexity index is 552. The molecule has 2 aromatic rings. The van der Waals surface area contributed by atoms with Gasteiger partial charge in [0.05, 0.1) is 12.2 Å². The van der Waals surface area contributed by atoms with Crippen LogP contribution in [0.3, 0.4) is 0 Å². The fourth-order valence-corrected chi connectivity index (χ4v) is 1.49. The summed E-state index contributed by atoms with van der Waals surface area (Å²) in [5, 5.41) is 11.6. The van der Waals surface area contributed by atoms with Gasteiger partial charge in [0.25, 0.3) is 5.91 Å². The van der Waals surface area contributed by atoms with Crippen LogP contribution >= 0.6 is 0 Å². The van der Waals surface area contributed by atoms with Crippen LogP contribution in [0.25, 0.3) is 0 Å². The van der Waals surface area contributed by atoms with Crippen LogP contribution in [-0.2, 0) is 6.61 Å². The van der Waals surface area contributed by atoms with E-state index < -0.39 is 0 Å². The first kappa shape index (κ1) is 12.1. The highest BCUT2D eigenvalue weighted by atomic mass is 16.3. The molecule has 4 N–H and O–H groups in total. The van der Waals surface area contributed by atoms with Crippen LogP contribution in [-0.4, -0.2) is 16.0 Å². The molecule has 1 amide bonds. The molecule has 0 saturated carbocycles. The second kappa shape index (κ2) is 5.29. The molecule has 1 aromatic carbocycles. The number of nitrogens with two attached hydrogens (primary N) is 1. The summed E-state index contributed by atoms with van der Waals surface area (Å²) in [5.41, 5.74) is 7.83. The van der Waals surface area contributed by atoms with Crippen LogP contribution in [0.4, 0.5) is 11.4 Å². The van der Waals surface area contributed by atoms with Gasteiger partial charge in [-0.25, -0.2) is 0 Å². The molecule has 0 aliphatic heterocycles. The van der Waals surface area contributed by atoms with Gasteiger partial charge in [-0.3, -0.25) is 9.78 Å². The maximum atomic E-state index is 11.9. The minimum absolute atomic E-state index is 0.0240. The standard InChI is InChI=1S/C13H13N3O2/c14-12-5-6-15-7-11(12)13(18)16-10-3-1-9(8-17)2-4-10/h1-7,17H,8H2,(H2,14,15)(H,16,18). The average molecular weight is 243 g/mol. The van der Waals surface area contributed by atoms with Crippen molar-refractivity contribution in [2.24, 2.45) is 0 Å². The summed E-state index contributed by atoms with van der Waals surface area (Å²) in [5.74, 6) is -0.308. The predicted molar refractivity (Wildman–Crippen MR) is 69.0 cm³/mol. The van der Waals surface area contributed by atoms with E-state index >= 15 is 0 Å². The Morgan fingerprint density at radius 1 is 1.28 bits per heavy atom. The van der Waals surface area contributed by atoms with Gasteiger partial charge >= 0.3 is 0 Å². The lowest BCUT2D eigenvalue weighted by Crippen LogP contribution is -2.14. The Morgan fingerprint density at radius 3 is 2.61 bits per heavy atom. The van der Waals surface area contributed by atoms with Gasteiger partial charge in [-0.2, -0.15) is 0 Å². The summed E-state index contributed by atoms with van der Waals surface area (Å²) in [4.78, 5) is 15.8. The van der Waals surface area contributed by atoms with Crippen molar-refractivity contribution in [1.29, 1.82) is 0 Å². The molecule has 1 aromatic heterocycles. The summed E-state index contributed by atoms with van der Waals surface area (Å²) in [7, 11) is 0. The van der Waals surface area contributed by atoms with Crippen molar-refractivity contribution in [1.82, 2.24) is 4.98 Å². The summed E-state index contributed by atoms with van der Waals surface area (Å²) in [6.45, 7) is -0.0240.